The van der Waals surface area contributed by atoms with Gasteiger partial charge in [0, 0.05) is 30.6 Å². The van der Waals surface area contributed by atoms with Gasteiger partial charge in [0.15, 0.2) is 28.4 Å². The summed E-state index contributed by atoms with van der Waals surface area (Å²) in [5.41, 5.74) is 3.41. The van der Waals surface area contributed by atoms with Gasteiger partial charge in [0.1, 0.15) is 28.8 Å². The first-order valence-electron chi connectivity index (χ1n) is 18.8. The number of thiazole rings is 1. The summed E-state index contributed by atoms with van der Waals surface area (Å²) in [7, 11) is 0. The first-order chi connectivity index (χ1) is 28.4. The molecule has 8 rings (SSSR count). The number of carboxylic acid groups (broad SMARTS) is 1. The van der Waals surface area contributed by atoms with Crippen LogP contribution >= 0.6 is 11.3 Å². The molecule has 3 aliphatic heterocycles. The van der Waals surface area contributed by atoms with Crippen LogP contribution in [0.2, 0.25) is 0 Å². The van der Waals surface area contributed by atoms with Gasteiger partial charge >= 0.3 is 5.97 Å². The van der Waals surface area contributed by atoms with E-state index < -0.39 is 52.0 Å². The minimum Gasteiger partial charge on any atom is -0.614 e. The van der Waals surface area contributed by atoms with Crippen molar-refractivity contribution in [1.82, 2.24) is 20.1 Å². The molecular weight excluding hydrogens is 793 g/mol. The summed E-state index contributed by atoms with van der Waals surface area (Å²) < 4.78 is 13.8. The third-order valence-electron chi connectivity index (χ3n) is 10.4. The summed E-state index contributed by atoms with van der Waals surface area (Å²) in [4.78, 5) is 53.7. The second-order valence-electron chi connectivity index (χ2n) is 14.7. The number of rotatable bonds is 13. The Hall–Kier alpha value is -6.20. The molecule has 2 amide bonds. The van der Waals surface area contributed by atoms with Crippen molar-refractivity contribution >= 4 is 51.1 Å². The van der Waals surface area contributed by atoms with E-state index in [0.717, 1.165) is 32.7 Å². The second-order valence-corrected chi connectivity index (χ2v) is 17.1. The molecule has 3 atom stereocenters. The highest BCUT2D eigenvalue weighted by molar-refractivity contribution is 7.92. The summed E-state index contributed by atoms with van der Waals surface area (Å²) in [5, 5.41) is 41.7. The Labute approximate surface area is 346 Å². The third-order valence-corrected chi connectivity index (χ3v) is 12.8. The Balaban J connectivity index is 1.05. The minimum absolute atomic E-state index is 0.0841. The highest BCUT2D eigenvalue weighted by Crippen LogP contribution is 2.42. The molecule has 0 saturated carbocycles. The molecular formula is C43H40N6O8S2. The number of amides is 2. The summed E-state index contributed by atoms with van der Waals surface area (Å²) in [6.45, 7) is 4.27. The number of hydrogen-bond acceptors (Lipinski definition) is 12. The van der Waals surface area contributed by atoms with Crippen molar-refractivity contribution in [2.24, 2.45) is 5.16 Å². The van der Waals surface area contributed by atoms with Crippen LogP contribution < -0.4 is 10.6 Å². The van der Waals surface area contributed by atoms with Crippen LogP contribution in [0.15, 0.2) is 125 Å². The van der Waals surface area contributed by atoms with Gasteiger partial charge in [0.25, 0.3) is 11.8 Å². The van der Waals surface area contributed by atoms with Gasteiger partial charge in [0.2, 0.25) is 5.37 Å². The summed E-state index contributed by atoms with van der Waals surface area (Å²) in [6.07, 6.45) is -0.413. The van der Waals surface area contributed by atoms with Crippen molar-refractivity contribution in [3.8, 4) is 11.5 Å². The normalized spacial score (nSPS) is 19.3. The number of β-lactam (4-membered cyclic amide) rings is 1. The lowest BCUT2D eigenvalue weighted by molar-refractivity contribution is -0.150. The van der Waals surface area contributed by atoms with Crippen molar-refractivity contribution in [2.45, 2.75) is 50.0 Å². The number of aromatic hydroxyl groups is 2. The fourth-order valence-electron chi connectivity index (χ4n) is 7.81. The van der Waals surface area contributed by atoms with E-state index in [4.69, 9.17) is 9.82 Å². The van der Waals surface area contributed by atoms with E-state index in [9.17, 15) is 34.3 Å². The van der Waals surface area contributed by atoms with Gasteiger partial charge in [-0.2, -0.15) is 0 Å². The predicted octanol–water partition coefficient (Wildman–Crippen LogP) is 4.86. The number of nitrogens with one attached hydrogen (secondary N) is 2. The van der Waals surface area contributed by atoms with Crippen molar-refractivity contribution in [1.29, 1.82) is 0 Å². The fraction of sp³-hybridized carbons (Fsp3) is 0.233. The monoisotopic (exact) mass is 832 g/mol. The summed E-state index contributed by atoms with van der Waals surface area (Å²) >= 11 is -0.534. The number of aromatic nitrogens is 1. The average molecular weight is 833 g/mol. The number of carboxylic acids is 1. The molecule has 5 N–H and O–H groups in total. The molecule has 14 nitrogen and oxygen atoms in total. The maximum atomic E-state index is 14.1. The molecule has 2 unspecified atom stereocenters. The smallest absolute Gasteiger partial charge is 0.352 e. The van der Waals surface area contributed by atoms with Crippen LogP contribution in [0, 0.1) is 0 Å². The zero-order valence-electron chi connectivity index (χ0n) is 31.9. The number of phenolic OH excluding ortho intramolecular Hbond substituents is 2. The zero-order chi connectivity index (χ0) is 41.4. The average Bonchev–Trinajstić information content (AvgIpc) is 3.85. The van der Waals surface area contributed by atoms with Crippen molar-refractivity contribution in [2.75, 3.05) is 17.6 Å². The molecule has 4 heterocycles. The van der Waals surface area contributed by atoms with Gasteiger partial charge in [-0.3, -0.25) is 19.4 Å². The van der Waals surface area contributed by atoms with Crippen LogP contribution in [0.4, 0.5) is 5.13 Å². The zero-order valence-corrected chi connectivity index (χ0v) is 33.6. The Morgan fingerprint density at radius 1 is 0.949 bits per heavy atom. The van der Waals surface area contributed by atoms with Crippen LogP contribution in [0.3, 0.4) is 0 Å². The number of anilines is 1. The van der Waals surface area contributed by atoms with Gasteiger partial charge < -0.3 is 35.3 Å². The number of phenols is 2. The topological polar surface area (TPSA) is 200 Å². The minimum atomic E-state index is -1.78. The maximum Gasteiger partial charge on any atom is 0.352 e. The molecule has 1 aromatic heterocycles. The molecule has 16 heteroatoms. The molecule has 59 heavy (non-hydrogen) atoms. The first kappa shape index (κ1) is 39.6. The lowest BCUT2D eigenvalue weighted by atomic mass is 9.77. The molecule has 1 saturated heterocycles. The lowest BCUT2D eigenvalue weighted by Gasteiger charge is -2.49. The van der Waals surface area contributed by atoms with Crippen LogP contribution in [0.5, 0.6) is 11.5 Å². The summed E-state index contributed by atoms with van der Waals surface area (Å²) in [6, 6.07) is 31.4. The van der Waals surface area contributed by atoms with E-state index >= 15 is 0 Å². The molecule has 3 aliphatic rings. The van der Waals surface area contributed by atoms with E-state index in [2.05, 4.69) is 15.8 Å². The van der Waals surface area contributed by atoms with Gasteiger partial charge in [-0.05, 0) is 65.0 Å². The van der Waals surface area contributed by atoms with Gasteiger partial charge in [0.05, 0.1) is 0 Å². The quantitative estimate of drug-likeness (QED) is 0.0271. The number of carbonyl (C=O) groups excluding carboxylic acids is 2. The van der Waals surface area contributed by atoms with Crippen molar-refractivity contribution in [3.05, 3.63) is 153 Å². The number of oxime groups is 1. The number of fused-ring (bicyclic) bond motifs is 2. The molecule has 5 aromatic rings. The molecule has 0 radical (unpaired) electrons. The number of hydrogen-bond donors (Lipinski definition) is 5. The van der Waals surface area contributed by atoms with Crippen LogP contribution in [0.1, 0.15) is 47.4 Å². The van der Waals surface area contributed by atoms with E-state index in [0.29, 0.717) is 23.8 Å². The molecule has 4 aromatic carbocycles. The van der Waals surface area contributed by atoms with Crippen LogP contribution in [0.25, 0.3) is 0 Å². The van der Waals surface area contributed by atoms with E-state index in [1.165, 1.54) is 23.5 Å². The van der Waals surface area contributed by atoms with Crippen LogP contribution in [-0.4, -0.2) is 88.0 Å². The molecule has 1 fully saturated rings. The lowest BCUT2D eigenvalue weighted by Crippen LogP contribution is -2.75. The Kier molecular flexibility index (Phi) is 10.9. The maximum absolute atomic E-state index is 14.1. The standard InChI is InChI=1S/C43H40N6O8S2/c1-25(2)57-47-35(32-23-58-42(44-32)46-43(29-12-6-3-7-13-29,30-14-8-4-9-15-30)31-16-10-5-11-17-31)38(52)45-36-39(53)49-37(41(54)55)28(24-59(56)40(36)49)22-48-20-26-18-33(50)34(51)19-27(26)21-48/h3-19,23,25,36,40,50-51H,20-22,24H2,1-2H3,(H,44,46)(H,45,52)(H,54,55)/b47-35-/t36?,40-,59?/m0/s1. The summed E-state index contributed by atoms with van der Waals surface area (Å²) in [5.74, 6) is -3.57. The molecule has 0 aliphatic carbocycles. The van der Waals surface area contributed by atoms with Crippen molar-refractivity contribution in [3.63, 3.8) is 0 Å². The van der Waals surface area contributed by atoms with Crippen LogP contribution in [-0.2, 0) is 49.0 Å². The van der Waals surface area contributed by atoms with E-state index in [-0.39, 0.29) is 40.9 Å². The van der Waals surface area contributed by atoms with Crippen molar-refractivity contribution < 1.29 is 39.1 Å². The predicted molar refractivity (Wildman–Crippen MR) is 222 cm³/mol. The largest absolute Gasteiger partial charge is 0.614 e. The number of carbonyl (C=O) groups is 3. The van der Waals surface area contributed by atoms with Gasteiger partial charge in [-0.25, -0.2) is 9.78 Å². The SMILES string of the molecule is CC(C)O/N=C(\C(=O)NC1C(=O)N2C(C(=O)O)=C(CN3Cc4cc(O)c(O)cc4C3)C[S+]([O-])[C@@H]12)c1csc(NC(c2ccccc2)(c2ccccc2)c2ccccc2)n1. The molecule has 302 valence electrons. The van der Waals surface area contributed by atoms with E-state index in [1.807, 2.05) is 95.9 Å². The molecule has 0 bridgehead atoms. The number of nitrogens with zero attached hydrogens (tertiary/aromatic N) is 4. The Morgan fingerprint density at radius 3 is 2.00 bits per heavy atom. The number of aliphatic carboxylic acids is 1. The highest BCUT2D eigenvalue weighted by Gasteiger charge is 2.61. The first-order valence-corrected chi connectivity index (χ1v) is 21.1. The second kappa shape index (κ2) is 16.2. The van der Waals surface area contributed by atoms with Gasteiger partial charge in [-0.1, -0.05) is 96.2 Å². The fourth-order valence-corrected chi connectivity index (χ4v) is 10.2. The number of benzene rings is 4. The highest BCUT2D eigenvalue weighted by atomic mass is 32.2. The molecule has 0 spiro atoms. The van der Waals surface area contributed by atoms with E-state index in [1.54, 1.807) is 19.2 Å². The van der Waals surface area contributed by atoms with Gasteiger partial charge in [-0.15, -0.1) is 11.3 Å². The third kappa shape index (κ3) is 7.51. The Bertz CT molecular complexity index is 2330. The Morgan fingerprint density at radius 2 is 1.49 bits per heavy atom.